The average Bonchev–Trinajstić information content (AvgIpc) is 3.35. The molecule has 0 amide bonds. The number of nitrogens with one attached hydrogen (secondary N) is 2. The van der Waals surface area contributed by atoms with Crippen molar-refractivity contribution in [3.05, 3.63) is 56.7 Å². The minimum Gasteiger partial charge on any atom is -0.497 e. The Balaban J connectivity index is 0.00000300. The van der Waals surface area contributed by atoms with Crippen molar-refractivity contribution < 1.29 is 4.74 Å². The third kappa shape index (κ3) is 7.27. The van der Waals surface area contributed by atoms with Crippen LogP contribution in [0, 0.1) is 6.92 Å². The van der Waals surface area contributed by atoms with E-state index in [9.17, 15) is 0 Å². The summed E-state index contributed by atoms with van der Waals surface area (Å²) in [6.45, 7) is 6.48. The van der Waals surface area contributed by atoms with Crippen LogP contribution in [0.5, 0.6) is 5.75 Å². The molecule has 5 nitrogen and oxygen atoms in total. The van der Waals surface area contributed by atoms with Gasteiger partial charge in [-0.1, -0.05) is 12.1 Å². The van der Waals surface area contributed by atoms with Gasteiger partial charge < -0.3 is 15.4 Å². The standard InChI is InChI=1S/C21H26N4OS2.HI/c1-4-22-21(23-10-9-20-24-12-15(2)28-20)25-13-19-11-17(14-27-19)16-5-7-18(26-3)8-6-16;/h5-8,11-12,14H,4,9-10,13H2,1-3H3,(H2,22,23,25);1H. The van der Waals surface area contributed by atoms with Crippen LogP contribution < -0.4 is 15.4 Å². The van der Waals surface area contributed by atoms with Gasteiger partial charge in [-0.05, 0) is 48.6 Å². The van der Waals surface area contributed by atoms with Crippen LogP contribution in [-0.4, -0.2) is 31.1 Å². The molecule has 8 heteroatoms. The van der Waals surface area contributed by atoms with Gasteiger partial charge in [0.25, 0.3) is 0 Å². The Morgan fingerprint density at radius 3 is 2.62 bits per heavy atom. The van der Waals surface area contributed by atoms with Gasteiger partial charge in [0.15, 0.2) is 5.96 Å². The molecule has 29 heavy (non-hydrogen) atoms. The molecule has 0 atom stereocenters. The number of rotatable bonds is 8. The number of guanidine groups is 1. The number of aromatic nitrogens is 1. The minimum absolute atomic E-state index is 0. The number of ether oxygens (including phenoxy) is 1. The van der Waals surface area contributed by atoms with Crippen LogP contribution in [0.4, 0.5) is 0 Å². The van der Waals surface area contributed by atoms with Gasteiger partial charge in [0.1, 0.15) is 5.75 Å². The number of thiophene rings is 1. The molecule has 0 aliphatic carbocycles. The summed E-state index contributed by atoms with van der Waals surface area (Å²) in [5, 5.41) is 10.0. The Labute approximate surface area is 197 Å². The zero-order chi connectivity index (χ0) is 19.8. The Kier molecular flexibility index (Phi) is 9.89. The van der Waals surface area contributed by atoms with Gasteiger partial charge in [0, 0.05) is 35.5 Å². The fourth-order valence-corrected chi connectivity index (χ4v) is 4.31. The van der Waals surface area contributed by atoms with Gasteiger partial charge in [0.05, 0.1) is 18.7 Å². The van der Waals surface area contributed by atoms with Gasteiger partial charge in [-0.2, -0.15) is 0 Å². The highest BCUT2D eigenvalue weighted by molar-refractivity contribution is 14.0. The average molecular weight is 543 g/mol. The third-order valence-electron chi connectivity index (χ3n) is 4.11. The van der Waals surface area contributed by atoms with Gasteiger partial charge in [-0.15, -0.1) is 46.7 Å². The molecule has 0 bridgehead atoms. The van der Waals surface area contributed by atoms with Crippen molar-refractivity contribution in [3.8, 4) is 16.9 Å². The number of thiazole rings is 1. The molecule has 3 rings (SSSR count). The summed E-state index contributed by atoms with van der Waals surface area (Å²) >= 11 is 3.48. The predicted octanol–water partition coefficient (Wildman–Crippen LogP) is 5.10. The highest BCUT2D eigenvalue weighted by Gasteiger charge is 2.05. The molecule has 2 heterocycles. The largest absolute Gasteiger partial charge is 0.497 e. The fourth-order valence-electron chi connectivity index (χ4n) is 2.70. The number of nitrogens with zero attached hydrogens (tertiary/aromatic N) is 2. The van der Waals surface area contributed by atoms with E-state index in [1.807, 2.05) is 18.3 Å². The molecule has 2 N–H and O–H groups in total. The monoisotopic (exact) mass is 542 g/mol. The van der Waals surface area contributed by atoms with Crippen LogP contribution in [-0.2, 0) is 13.0 Å². The highest BCUT2D eigenvalue weighted by Crippen LogP contribution is 2.27. The summed E-state index contributed by atoms with van der Waals surface area (Å²) in [6.07, 6.45) is 2.83. The summed E-state index contributed by atoms with van der Waals surface area (Å²) in [5.74, 6) is 1.72. The van der Waals surface area contributed by atoms with Crippen LogP contribution in [0.1, 0.15) is 21.7 Å². The molecule has 0 aliphatic rings. The van der Waals surface area contributed by atoms with Crippen molar-refractivity contribution in [1.29, 1.82) is 0 Å². The van der Waals surface area contributed by atoms with E-state index in [0.717, 1.165) is 36.2 Å². The summed E-state index contributed by atoms with van der Waals surface area (Å²) in [7, 11) is 1.68. The van der Waals surface area contributed by atoms with E-state index >= 15 is 0 Å². The molecule has 0 fully saturated rings. The molecule has 3 aromatic rings. The van der Waals surface area contributed by atoms with Crippen LogP contribution >= 0.6 is 46.7 Å². The first kappa shape index (κ1) is 23.6. The van der Waals surface area contributed by atoms with Crippen molar-refractivity contribution >= 4 is 52.6 Å². The zero-order valence-corrected chi connectivity index (χ0v) is 20.9. The number of hydrogen-bond acceptors (Lipinski definition) is 5. The van der Waals surface area contributed by atoms with Crippen molar-refractivity contribution in [3.63, 3.8) is 0 Å². The summed E-state index contributed by atoms with van der Waals surface area (Å²) in [4.78, 5) is 11.6. The summed E-state index contributed by atoms with van der Waals surface area (Å²) in [5.41, 5.74) is 2.41. The Bertz CT molecular complexity index is 906. The van der Waals surface area contributed by atoms with Gasteiger partial charge in [0.2, 0.25) is 0 Å². The van der Waals surface area contributed by atoms with E-state index in [4.69, 9.17) is 9.73 Å². The maximum atomic E-state index is 5.23. The maximum Gasteiger partial charge on any atom is 0.191 e. The van der Waals surface area contributed by atoms with E-state index in [2.05, 4.69) is 53.0 Å². The molecular formula is C21H27IN4OS2. The van der Waals surface area contributed by atoms with Crippen LogP contribution in [0.2, 0.25) is 0 Å². The van der Waals surface area contributed by atoms with Gasteiger partial charge in [-0.25, -0.2) is 9.98 Å². The lowest BCUT2D eigenvalue weighted by Crippen LogP contribution is -2.38. The van der Waals surface area contributed by atoms with Gasteiger partial charge in [-0.3, -0.25) is 0 Å². The van der Waals surface area contributed by atoms with Crippen LogP contribution in [0.25, 0.3) is 11.1 Å². The van der Waals surface area contributed by atoms with E-state index in [0.29, 0.717) is 6.54 Å². The van der Waals surface area contributed by atoms with Crippen molar-refractivity contribution in [1.82, 2.24) is 15.6 Å². The fraction of sp³-hybridized carbons (Fsp3) is 0.333. The SMILES string of the molecule is CCNC(=NCc1cc(-c2ccc(OC)cc2)cs1)NCCc1ncc(C)s1.I. The molecule has 0 spiro atoms. The van der Waals surface area contributed by atoms with E-state index < -0.39 is 0 Å². The maximum absolute atomic E-state index is 5.23. The van der Waals surface area contributed by atoms with Crippen LogP contribution in [0.3, 0.4) is 0 Å². The molecule has 0 saturated heterocycles. The zero-order valence-electron chi connectivity index (χ0n) is 16.9. The second-order valence-corrected chi connectivity index (χ2v) is 8.58. The smallest absolute Gasteiger partial charge is 0.191 e. The first-order valence-corrected chi connectivity index (χ1v) is 11.0. The molecule has 0 aliphatic heterocycles. The topological polar surface area (TPSA) is 58.5 Å². The predicted molar refractivity (Wildman–Crippen MR) is 135 cm³/mol. The molecule has 0 radical (unpaired) electrons. The normalized spacial score (nSPS) is 11.1. The Morgan fingerprint density at radius 2 is 1.97 bits per heavy atom. The van der Waals surface area contributed by atoms with Crippen molar-refractivity contribution in [2.75, 3.05) is 20.2 Å². The Hall–Kier alpha value is -1.65. The van der Waals surface area contributed by atoms with Gasteiger partial charge >= 0.3 is 0 Å². The Morgan fingerprint density at radius 1 is 1.17 bits per heavy atom. The first-order valence-electron chi connectivity index (χ1n) is 9.33. The van der Waals surface area contributed by atoms with E-state index in [1.165, 1.54) is 20.9 Å². The number of halogens is 1. The minimum atomic E-state index is 0. The molecule has 2 aromatic heterocycles. The molecule has 1 aromatic carbocycles. The quantitative estimate of drug-likeness (QED) is 0.236. The number of methoxy groups -OCH3 is 1. The molecule has 156 valence electrons. The number of aryl methyl sites for hydroxylation is 1. The summed E-state index contributed by atoms with van der Waals surface area (Å²) < 4.78 is 5.23. The number of hydrogen-bond donors (Lipinski definition) is 2. The van der Waals surface area contributed by atoms with E-state index in [1.54, 1.807) is 29.8 Å². The number of benzene rings is 1. The van der Waals surface area contributed by atoms with Crippen molar-refractivity contribution in [2.45, 2.75) is 26.8 Å². The third-order valence-corrected chi connectivity index (χ3v) is 6.01. The van der Waals surface area contributed by atoms with Crippen molar-refractivity contribution in [2.24, 2.45) is 4.99 Å². The first-order chi connectivity index (χ1) is 13.7. The second kappa shape index (κ2) is 12.1. The van der Waals surface area contributed by atoms with Crippen LogP contribution in [0.15, 0.2) is 46.9 Å². The lowest BCUT2D eigenvalue weighted by atomic mass is 10.1. The number of aliphatic imine (C=N–C) groups is 1. The van der Waals surface area contributed by atoms with E-state index in [-0.39, 0.29) is 24.0 Å². The molecule has 0 saturated carbocycles. The lowest BCUT2D eigenvalue weighted by Gasteiger charge is -2.10. The molecule has 0 unspecified atom stereocenters. The molecular weight excluding hydrogens is 515 g/mol. The lowest BCUT2D eigenvalue weighted by molar-refractivity contribution is 0.415. The highest BCUT2D eigenvalue weighted by atomic mass is 127. The second-order valence-electron chi connectivity index (χ2n) is 6.27. The summed E-state index contributed by atoms with van der Waals surface area (Å²) in [6, 6.07) is 10.3.